The largest absolute Gasteiger partial charge is 0.770 e. The Morgan fingerprint density at radius 1 is 1.26 bits per heavy atom. The van der Waals surface area contributed by atoms with Gasteiger partial charge in [-0.15, -0.1) is 0 Å². The summed E-state index contributed by atoms with van der Waals surface area (Å²) in [5.74, 6) is -1.14. The van der Waals surface area contributed by atoms with Crippen molar-refractivity contribution in [3.05, 3.63) is 30.3 Å². The maximum absolute atomic E-state index is 14.1. The number of piperidine rings is 1. The molecular weight excluding hydrogens is 526 g/mol. The molecule has 1 heterocycles. The number of carboxylic acid groups (broad SMARTS) is 1. The van der Waals surface area contributed by atoms with Gasteiger partial charge in [-0.2, -0.15) is 0 Å². The van der Waals surface area contributed by atoms with E-state index in [1.54, 1.807) is 24.3 Å². The lowest BCUT2D eigenvalue weighted by Gasteiger charge is -2.44. The van der Waals surface area contributed by atoms with Gasteiger partial charge in [0, 0.05) is 24.2 Å². The van der Waals surface area contributed by atoms with Crippen molar-refractivity contribution in [2.24, 2.45) is 22.4 Å². The molecule has 2 aromatic carbocycles. The van der Waals surface area contributed by atoms with Gasteiger partial charge in [0.25, 0.3) is 5.91 Å². The number of ether oxygens (including phenoxy) is 2. The number of fused-ring (bicyclic) bond motifs is 1. The number of amides is 1. The average Bonchev–Trinajstić information content (AvgIpc) is 2.92. The summed E-state index contributed by atoms with van der Waals surface area (Å²) in [6, 6.07) is 7.46. The van der Waals surface area contributed by atoms with Gasteiger partial charge < -0.3 is 40.8 Å². The van der Waals surface area contributed by atoms with Gasteiger partial charge in [0.1, 0.15) is 6.04 Å². The molecule has 3 rings (SSSR count). The molecule has 0 bridgehead atoms. The predicted molar refractivity (Wildman–Crippen MR) is 148 cm³/mol. The topological polar surface area (TPSA) is 193 Å². The molecule has 1 aliphatic rings. The fraction of sp³-hybridized carbons (Fsp3) is 0.500. The standard InChI is InChI=1S/C26H37N5O7S/c1-4-16-9-12-31(20(13-16)23(32)33)24(34)26(39(35)36,10-6-11-29-25(27)28)30-19-8-5-7-17-14-21(37-2)22(38-3)15-18(17)19/h5,7-8,14-16,20,30H,4,6,9-13H2,1-3H3,(H,32,33)(H,35,36)(H4,27,28,29)/p-1/t16?,20?,26-/m1/s1. The van der Waals surface area contributed by atoms with E-state index in [4.69, 9.17) is 20.9 Å². The Morgan fingerprint density at radius 2 is 1.95 bits per heavy atom. The number of nitrogens with one attached hydrogen (secondary N) is 1. The van der Waals surface area contributed by atoms with Gasteiger partial charge in [-0.1, -0.05) is 25.5 Å². The van der Waals surface area contributed by atoms with Crippen molar-refractivity contribution < 1.29 is 32.9 Å². The van der Waals surface area contributed by atoms with Crippen LogP contribution in [0.25, 0.3) is 10.8 Å². The van der Waals surface area contributed by atoms with Crippen LogP contribution in [0.5, 0.6) is 11.5 Å². The zero-order valence-electron chi connectivity index (χ0n) is 22.3. The van der Waals surface area contributed by atoms with E-state index in [2.05, 4.69) is 10.3 Å². The molecule has 1 aliphatic heterocycles. The van der Waals surface area contributed by atoms with Gasteiger partial charge in [-0.25, -0.2) is 4.79 Å². The maximum Gasteiger partial charge on any atom is 0.326 e. The molecule has 2 aromatic rings. The number of aliphatic imine (C=N–C) groups is 1. The van der Waals surface area contributed by atoms with Gasteiger partial charge >= 0.3 is 5.97 Å². The van der Waals surface area contributed by atoms with Crippen LogP contribution in [-0.2, 0) is 20.7 Å². The number of carboxylic acids is 1. The fourth-order valence-corrected chi connectivity index (χ4v) is 5.77. The van der Waals surface area contributed by atoms with Crippen molar-refractivity contribution in [1.29, 1.82) is 0 Å². The van der Waals surface area contributed by atoms with Crippen molar-refractivity contribution in [3.63, 3.8) is 0 Å². The highest BCUT2D eigenvalue weighted by atomic mass is 32.2. The van der Waals surface area contributed by atoms with Crippen molar-refractivity contribution in [2.45, 2.75) is 49.9 Å². The van der Waals surface area contributed by atoms with E-state index in [0.29, 0.717) is 34.4 Å². The summed E-state index contributed by atoms with van der Waals surface area (Å²) in [7, 11) is 2.99. The number of carbonyl (C=O) groups is 2. The summed E-state index contributed by atoms with van der Waals surface area (Å²) in [6.45, 7) is 2.17. The van der Waals surface area contributed by atoms with E-state index in [1.807, 2.05) is 13.0 Å². The van der Waals surface area contributed by atoms with Crippen LogP contribution < -0.4 is 26.3 Å². The van der Waals surface area contributed by atoms with Crippen LogP contribution in [0.2, 0.25) is 0 Å². The molecule has 0 radical (unpaired) electrons. The zero-order valence-corrected chi connectivity index (χ0v) is 23.2. The molecule has 0 aliphatic carbocycles. The van der Waals surface area contributed by atoms with Crippen LogP contribution in [0.3, 0.4) is 0 Å². The number of hydrogen-bond acceptors (Lipinski definition) is 8. The number of rotatable bonds is 12. The predicted octanol–water partition coefficient (Wildman–Crippen LogP) is 2.00. The third-order valence-electron chi connectivity index (χ3n) is 7.17. The average molecular weight is 563 g/mol. The number of guanidine groups is 1. The van der Waals surface area contributed by atoms with Gasteiger partial charge in [-0.3, -0.25) is 14.0 Å². The molecule has 3 unspecified atom stereocenters. The molecule has 0 saturated carbocycles. The fourth-order valence-electron chi connectivity index (χ4n) is 5.00. The Bertz CT molecular complexity index is 1250. The quantitative estimate of drug-likeness (QED) is 0.129. The summed E-state index contributed by atoms with van der Waals surface area (Å²) in [5, 5.41) is 14.2. The second-order valence-electron chi connectivity index (χ2n) is 9.48. The number of anilines is 1. The smallest absolute Gasteiger partial charge is 0.326 e. The van der Waals surface area contributed by atoms with Crippen molar-refractivity contribution in [2.75, 3.05) is 32.6 Å². The third-order valence-corrected chi connectivity index (χ3v) is 8.22. The molecule has 4 atom stereocenters. The molecule has 6 N–H and O–H groups in total. The van der Waals surface area contributed by atoms with Crippen molar-refractivity contribution in [3.8, 4) is 11.5 Å². The Morgan fingerprint density at radius 3 is 2.54 bits per heavy atom. The number of carbonyl (C=O) groups excluding carboxylic acids is 1. The highest BCUT2D eigenvalue weighted by Crippen LogP contribution is 2.38. The van der Waals surface area contributed by atoms with Gasteiger partial charge in [0.05, 0.1) is 14.2 Å². The third kappa shape index (κ3) is 6.53. The van der Waals surface area contributed by atoms with Crippen LogP contribution in [0.15, 0.2) is 35.3 Å². The SMILES string of the molecule is CCC1CCN(C(=O)[C@](CCCN=C(N)N)(Nc2cccc3cc(OC)c(OC)cc23)S(=O)[O-])C(C(=O)O)C1. The van der Waals surface area contributed by atoms with E-state index in [9.17, 15) is 23.5 Å². The second kappa shape index (κ2) is 13.0. The lowest BCUT2D eigenvalue weighted by molar-refractivity contribution is -0.154. The van der Waals surface area contributed by atoms with Gasteiger partial charge in [0.2, 0.25) is 0 Å². The second-order valence-corrected chi connectivity index (χ2v) is 10.6. The number of aliphatic carboxylic acids is 1. The number of benzene rings is 2. The molecule has 12 nitrogen and oxygen atoms in total. The molecule has 1 amide bonds. The van der Waals surface area contributed by atoms with Crippen LogP contribution in [0.1, 0.15) is 39.0 Å². The molecule has 214 valence electrons. The van der Waals surface area contributed by atoms with Crippen molar-refractivity contribution >= 4 is 45.4 Å². The van der Waals surface area contributed by atoms with Crippen LogP contribution in [0.4, 0.5) is 5.69 Å². The molecule has 13 heteroatoms. The maximum atomic E-state index is 14.1. The van der Waals surface area contributed by atoms with E-state index in [0.717, 1.165) is 6.42 Å². The monoisotopic (exact) mass is 562 g/mol. The number of hydrogen-bond donors (Lipinski definition) is 4. The van der Waals surface area contributed by atoms with Crippen molar-refractivity contribution in [1.82, 2.24) is 4.90 Å². The zero-order chi connectivity index (χ0) is 28.7. The lowest BCUT2D eigenvalue weighted by atomic mass is 9.88. The Balaban J connectivity index is 2.12. The lowest BCUT2D eigenvalue weighted by Crippen LogP contribution is -2.62. The number of nitrogens with two attached hydrogens (primary N) is 2. The molecular formula is C26H36N5O7S-. The molecule has 0 aromatic heterocycles. The van der Waals surface area contributed by atoms with Gasteiger partial charge in [-0.05, 0) is 66.3 Å². The minimum atomic E-state index is -3.02. The highest BCUT2D eigenvalue weighted by molar-refractivity contribution is 7.81. The summed E-state index contributed by atoms with van der Waals surface area (Å²) in [6.07, 6.45) is 1.52. The Kier molecular flexibility index (Phi) is 9.97. The highest BCUT2D eigenvalue weighted by Gasteiger charge is 2.47. The van der Waals surface area contributed by atoms with Crippen LogP contribution in [0, 0.1) is 5.92 Å². The normalized spacial score (nSPS) is 19.5. The van der Waals surface area contributed by atoms with Crippen LogP contribution in [-0.4, -0.2) is 74.8 Å². The number of likely N-dealkylation sites (tertiary alicyclic amines) is 1. The minimum absolute atomic E-state index is 0.0804. The minimum Gasteiger partial charge on any atom is -0.770 e. The first-order valence-electron chi connectivity index (χ1n) is 12.7. The Hall–Kier alpha value is -3.58. The van der Waals surface area contributed by atoms with Crippen LogP contribution >= 0.6 is 0 Å². The van der Waals surface area contributed by atoms with E-state index in [-0.39, 0.29) is 44.2 Å². The summed E-state index contributed by atoms with van der Waals surface area (Å²) in [5.41, 5.74) is 11.2. The number of methoxy groups -OCH3 is 2. The first-order chi connectivity index (χ1) is 18.6. The molecule has 0 spiro atoms. The van der Waals surface area contributed by atoms with E-state index >= 15 is 0 Å². The Labute approximate surface area is 230 Å². The summed E-state index contributed by atoms with van der Waals surface area (Å²) >= 11 is -3.02. The van der Waals surface area contributed by atoms with E-state index in [1.165, 1.54) is 19.1 Å². The number of nitrogens with zero attached hydrogens (tertiary/aromatic N) is 2. The molecule has 1 fully saturated rings. The molecule has 39 heavy (non-hydrogen) atoms. The first kappa shape index (κ1) is 30.0. The van der Waals surface area contributed by atoms with Gasteiger partial charge in [0.15, 0.2) is 22.3 Å². The first-order valence-corrected chi connectivity index (χ1v) is 13.8. The molecule has 1 saturated heterocycles. The van der Waals surface area contributed by atoms with E-state index < -0.39 is 33.9 Å². The summed E-state index contributed by atoms with van der Waals surface area (Å²) in [4.78, 5) is 29.2. The summed E-state index contributed by atoms with van der Waals surface area (Å²) < 4.78 is 36.8.